The second-order valence-electron chi connectivity index (χ2n) is 20.3. The Morgan fingerprint density at radius 2 is 0.619 bits per heavy atom. The van der Waals surface area contributed by atoms with Gasteiger partial charge in [0.2, 0.25) is 0 Å². The number of rotatable bonds is 8. The molecule has 0 fully saturated rings. The number of nitriles is 6. The van der Waals surface area contributed by atoms with Crippen LogP contribution in [0.15, 0.2) is 224 Å². The van der Waals surface area contributed by atoms with Crippen LogP contribution in [0.2, 0.25) is 0 Å². The number of halogens is 3. The van der Waals surface area contributed by atoms with E-state index in [1.165, 1.54) is 12.1 Å². The van der Waals surface area contributed by atoms with E-state index in [1.807, 2.05) is 173 Å². The standard InChI is InChI=1S/C73H37F3N8/c74-73(75,76)64-33-48(42-81)19-24-58(64)59-16-6-18-70(84-67-27-22-55(51-13-3-9-46(31-51)40-79)36-62(67)63-37-56(23-28-68(63)84)52-14-4-10-47(32-52)41-80)72(59)71-57(43-82)15-5-17-69(71)83-65-25-20-53(49-11-1-7-44(29-49)38-77)34-60(65)61-35-54(21-26-66(61)83)50-12-2-8-45(30-50)39-78/h1-37H. The molecular weight excluding hydrogens is 1050 g/mol. The van der Waals surface area contributed by atoms with E-state index in [0.717, 1.165) is 72.1 Å². The maximum absolute atomic E-state index is 15.8. The Hall–Kier alpha value is -12.3. The van der Waals surface area contributed by atoms with E-state index in [2.05, 4.69) is 30.3 Å². The second-order valence-corrected chi connectivity index (χ2v) is 20.3. The van der Waals surface area contributed by atoms with Gasteiger partial charge in [0.15, 0.2) is 0 Å². The fraction of sp³-hybridized carbons (Fsp3) is 0.0137. The van der Waals surface area contributed by atoms with Crippen LogP contribution in [-0.4, -0.2) is 9.13 Å². The van der Waals surface area contributed by atoms with E-state index >= 15 is 13.2 Å². The number of aromatic nitrogens is 2. The third-order valence-corrected chi connectivity index (χ3v) is 15.5. The van der Waals surface area contributed by atoms with Gasteiger partial charge in [0.25, 0.3) is 0 Å². The van der Waals surface area contributed by atoms with Gasteiger partial charge < -0.3 is 9.13 Å². The quantitative estimate of drug-likeness (QED) is 0.148. The first-order chi connectivity index (χ1) is 41.0. The average molecular weight is 1080 g/mol. The van der Waals surface area contributed by atoms with Crippen molar-refractivity contribution in [2.24, 2.45) is 0 Å². The molecular formula is C73H37F3N8. The van der Waals surface area contributed by atoms with Gasteiger partial charge in [0, 0.05) is 32.7 Å². The molecule has 0 atom stereocenters. The molecule has 390 valence electrons. The van der Waals surface area contributed by atoms with E-state index in [1.54, 1.807) is 48.5 Å². The summed E-state index contributed by atoms with van der Waals surface area (Å²) in [5.74, 6) is 0. The third kappa shape index (κ3) is 8.69. The van der Waals surface area contributed by atoms with Gasteiger partial charge >= 0.3 is 6.18 Å². The minimum Gasteiger partial charge on any atom is -0.309 e. The molecule has 0 bridgehead atoms. The molecule has 84 heavy (non-hydrogen) atoms. The Morgan fingerprint density at radius 1 is 0.286 bits per heavy atom. The number of fused-ring (bicyclic) bond motifs is 6. The first-order valence-corrected chi connectivity index (χ1v) is 26.5. The Labute approximate surface area is 479 Å². The van der Waals surface area contributed by atoms with Crippen LogP contribution in [0.5, 0.6) is 0 Å². The molecule has 13 rings (SSSR count). The number of nitrogens with zero attached hydrogens (tertiary/aromatic N) is 8. The zero-order valence-corrected chi connectivity index (χ0v) is 44.1. The maximum Gasteiger partial charge on any atom is 0.417 e. The van der Waals surface area contributed by atoms with Gasteiger partial charge in [-0.25, -0.2) is 0 Å². The van der Waals surface area contributed by atoms with Crippen molar-refractivity contribution in [2.45, 2.75) is 6.18 Å². The van der Waals surface area contributed by atoms with Crippen LogP contribution in [0.25, 0.3) is 122 Å². The highest BCUT2D eigenvalue weighted by Crippen LogP contribution is 2.50. The fourth-order valence-electron chi connectivity index (χ4n) is 11.7. The van der Waals surface area contributed by atoms with E-state index in [4.69, 9.17) is 0 Å². The van der Waals surface area contributed by atoms with Crippen molar-refractivity contribution in [1.29, 1.82) is 31.6 Å². The number of hydrogen-bond donors (Lipinski definition) is 0. The SMILES string of the molecule is N#Cc1cccc(-c2ccc3c(c2)c2cc(-c4cccc(C#N)c4)ccc2n3-c2cccc(C#N)c2-c2c(-c3ccc(C#N)cc3C(F)(F)F)cccc2-n2c3ccc(-c4cccc(C#N)c4)cc3c3cc(-c4cccc(C#N)c4)ccc32)c1. The van der Waals surface area contributed by atoms with Crippen LogP contribution < -0.4 is 0 Å². The van der Waals surface area contributed by atoms with Crippen molar-refractivity contribution >= 4 is 43.6 Å². The van der Waals surface area contributed by atoms with Crippen LogP contribution >= 0.6 is 0 Å². The molecule has 8 nitrogen and oxygen atoms in total. The number of hydrogen-bond acceptors (Lipinski definition) is 6. The van der Waals surface area contributed by atoms with Crippen molar-refractivity contribution in [1.82, 2.24) is 9.13 Å². The fourth-order valence-corrected chi connectivity index (χ4v) is 11.7. The summed E-state index contributed by atoms with van der Waals surface area (Å²) in [6.07, 6.45) is -4.93. The maximum atomic E-state index is 15.8. The Bertz CT molecular complexity index is 5000. The summed E-state index contributed by atoms with van der Waals surface area (Å²) < 4.78 is 51.4. The van der Waals surface area contributed by atoms with Crippen LogP contribution in [0.1, 0.15) is 38.9 Å². The Balaban J connectivity index is 1.16. The molecule has 11 heteroatoms. The van der Waals surface area contributed by atoms with Crippen molar-refractivity contribution < 1.29 is 13.2 Å². The molecule has 11 aromatic carbocycles. The first kappa shape index (κ1) is 51.2. The van der Waals surface area contributed by atoms with E-state index in [-0.39, 0.29) is 22.3 Å². The lowest BCUT2D eigenvalue weighted by Crippen LogP contribution is -2.09. The van der Waals surface area contributed by atoms with E-state index < -0.39 is 11.7 Å². The van der Waals surface area contributed by atoms with Crippen molar-refractivity contribution in [2.75, 3.05) is 0 Å². The Kier molecular flexibility index (Phi) is 12.5. The van der Waals surface area contributed by atoms with Crippen LogP contribution in [0.3, 0.4) is 0 Å². The predicted octanol–water partition coefficient (Wildman–Crippen LogP) is 18.1. The van der Waals surface area contributed by atoms with Crippen molar-refractivity contribution in [3.05, 3.63) is 263 Å². The van der Waals surface area contributed by atoms with Crippen molar-refractivity contribution in [3.8, 4) is 115 Å². The summed E-state index contributed by atoms with van der Waals surface area (Å²) in [6, 6.07) is 80.3. The lowest BCUT2D eigenvalue weighted by Gasteiger charge is -2.24. The van der Waals surface area contributed by atoms with Crippen LogP contribution in [0.4, 0.5) is 13.2 Å². The minimum atomic E-state index is -4.93. The number of alkyl halides is 3. The molecule has 0 amide bonds. The average Bonchev–Trinajstić information content (AvgIpc) is 2.16. The van der Waals surface area contributed by atoms with Crippen LogP contribution in [-0.2, 0) is 6.18 Å². The minimum absolute atomic E-state index is 0.137. The molecule has 0 N–H and O–H groups in total. The lowest BCUT2D eigenvalue weighted by molar-refractivity contribution is -0.137. The zero-order valence-electron chi connectivity index (χ0n) is 44.1. The van der Waals surface area contributed by atoms with Crippen molar-refractivity contribution in [3.63, 3.8) is 0 Å². The molecule has 0 aliphatic heterocycles. The van der Waals surface area contributed by atoms with Gasteiger partial charge in [-0.2, -0.15) is 44.7 Å². The Morgan fingerprint density at radius 3 is 0.976 bits per heavy atom. The lowest BCUT2D eigenvalue weighted by atomic mass is 9.86. The molecule has 2 aromatic heterocycles. The summed E-state index contributed by atoms with van der Waals surface area (Å²) in [4.78, 5) is 0. The highest BCUT2D eigenvalue weighted by Gasteiger charge is 2.36. The molecule has 0 aliphatic rings. The van der Waals surface area contributed by atoms with Gasteiger partial charge in [-0.15, -0.1) is 0 Å². The van der Waals surface area contributed by atoms with Gasteiger partial charge in [-0.3, -0.25) is 0 Å². The van der Waals surface area contributed by atoms with Gasteiger partial charge in [0.05, 0.1) is 109 Å². The largest absolute Gasteiger partial charge is 0.417 e. The summed E-state index contributed by atoms with van der Waals surface area (Å²) in [6.45, 7) is 0. The summed E-state index contributed by atoms with van der Waals surface area (Å²) in [7, 11) is 0. The van der Waals surface area contributed by atoms with E-state index in [9.17, 15) is 31.6 Å². The normalized spacial score (nSPS) is 11.2. The van der Waals surface area contributed by atoms with Gasteiger partial charge in [-0.05, 0) is 183 Å². The zero-order chi connectivity index (χ0) is 57.8. The van der Waals surface area contributed by atoms with Crippen LogP contribution in [0, 0.1) is 68.0 Å². The monoisotopic (exact) mass is 1080 g/mol. The van der Waals surface area contributed by atoms with Gasteiger partial charge in [-0.1, -0.05) is 97.1 Å². The molecule has 0 spiro atoms. The summed E-state index contributed by atoms with van der Waals surface area (Å²) >= 11 is 0. The molecule has 0 unspecified atom stereocenters. The van der Waals surface area contributed by atoms with Gasteiger partial charge in [0.1, 0.15) is 0 Å². The second kappa shape index (κ2) is 20.4. The molecule has 2 heterocycles. The highest BCUT2D eigenvalue weighted by molar-refractivity contribution is 6.15. The number of benzene rings is 11. The summed E-state index contributed by atoms with van der Waals surface area (Å²) in [5, 5.41) is 64.3. The summed E-state index contributed by atoms with van der Waals surface area (Å²) in [5.41, 5.74) is 11.5. The third-order valence-electron chi connectivity index (χ3n) is 15.5. The molecule has 0 saturated carbocycles. The molecule has 0 saturated heterocycles. The molecule has 13 aromatic rings. The first-order valence-electron chi connectivity index (χ1n) is 26.5. The van der Waals surface area contributed by atoms with E-state index in [0.29, 0.717) is 66.8 Å². The topological polar surface area (TPSA) is 153 Å². The predicted molar refractivity (Wildman–Crippen MR) is 321 cm³/mol. The molecule has 0 aliphatic carbocycles. The highest BCUT2D eigenvalue weighted by atomic mass is 19.4. The molecule has 0 radical (unpaired) electrons. The smallest absolute Gasteiger partial charge is 0.309 e.